The fraction of sp³-hybridized carbons (Fsp3) is 0.960. The quantitative estimate of drug-likeness (QED) is 0.185. The molecule has 0 unspecified atom stereocenters. The third-order valence-electron chi connectivity index (χ3n) is 5.98. The molecule has 0 bridgehead atoms. The number of quaternary nitrogens is 1. The number of unbranched alkanes of at least 4 members (excludes halogenated alkanes) is 12. The lowest BCUT2D eigenvalue weighted by Crippen LogP contribution is -3.00. The van der Waals surface area contributed by atoms with Crippen LogP contribution in [0.15, 0.2) is 0 Å². The number of hydrogen-bond acceptors (Lipinski definition) is 2. The summed E-state index contributed by atoms with van der Waals surface area (Å²) in [7, 11) is 0. The Morgan fingerprint density at radius 3 is 1.13 bits per heavy atom. The van der Waals surface area contributed by atoms with Crippen LogP contribution in [0, 0.1) is 0 Å². The Kier molecular flexibility index (Phi) is 34.0. The monoisotopic (exact) mass is 470 g/mol. The molecule has 0 saturated heterocycles. The van der Waals surface area contributed by atoms with Crippen LogP contribution in [-0.2, 0) is 4.79 Å². The fourth-order valence-electron chi connectivity index (χ4n) is 4.52. The third-order valence-corrected chi connectivity index (χ3v) is 5.98. The van der Waals surface area contributed by atoms with Crippen LogP contribution in [0.5, 0.6) is 0 Å². The average Bonchev–Trinajstić information content (AvgIpc) is 2.65. The van der Waals surface area contributed by atoms with Crippen molar-refractivity contribution in [1.29, 1.82) is 0 Å². The molecule has 3 nitrogen and oxygen atoms in total. The largest absolute Gasteiger partial charge is 1.00 e. The Bertz CT molecular complexity index is 324. The number of halogens is 2. The maximum Gasteiger partial charge on any atom is 0.313 e. The normalized spacial score (nSPS) is 10.7. The molecule has 0 spiro atoms. The van der Waals surface area contributed by atoms with E-state index in [1.54, 1.807) is 0 Å². The molecular formula is C25H56Cl2N2O. The van der Waals surface area contributed by atoms with Gasteiger partial charge in [0.15, 0.2) is 0 Å². The van der Waals surface area contributed by atoms with Gasteiger partial charge in [0.25, 0.3) is 0 Å². The minimum absolute atomic E-state index is 0. The molecule has 0 aliphatic rings. The summed E-state index contributed by atoms with van der Waals surface area (Å²) in [5.41, 5.74) is 0. The van der Waals surface area contributed by atoms with E-state index in [0.29, 0.717) is 5.91 Å². The van der Waals surface area contributed by atoms with Crippen molar-refractivity contribution in [2.24, 2.45) is 0 Å². The van der Waals surface area contributed by atoms with Gasteiger partial charge in [-0.15, -0.1) is 12.4 Å². The maximum atomic E-state index is 12.9. The van der Waals surface area contributed by atoms with Gasteiger partial charge < -0.3 is 18.6 Å². The first kappa shape index (κ1) is 37.5. The van der Waals surface area contributed by atoms with Gasteiger partial charge >= 0.3 is 5.91 Å². The first-order valence-electron chi connectivity index (χ1n) is 12.6. The average molecular weight is 472 g/mol. The Hall–Kier alpha value is 0.170. The highest BCUT2D eigenvalue weighted by molar-refractivity contribution is 5.85. The van der Waals surface area contributed by atoms with E-state index in [1.807, 2.05) is 0 Å². The molecule has 0 aliphatic heterocycles. The van der Waals surface area contributed by atoms with Crippen LogP contribution in [0.25, 0.3) is 0 Å². The molecule has 186 valence electrons. The zero-order chi connectivity index (χ0) is 20.2. The van der Waals surface area contributed by atoms with Crippen LogP contribution in [0.4, 0.5) is 0 Å². The van der Waals surface area contributed by atoms with Gasteiger partial charge in [0.05, 0.1) is 26.1 Å². The fourth-order valence-corrected chi connectivity index (χ4v) is 4.52. The van der Waals surface area contributed by atoms with E-state index in [0.717, 1.165) is 56.2 Å². The number of rotatable bonds is 20. The van der Waals surface area contributed by atoms with Crippen molar-refractivity contribution in [3.05, 3.63) is 0 Å². The molecule has 0 rings (SSSR count). The third kappa shape index (κ3) is 18.9. The molecule has 30 heavy (non-hydrogen) atoms. The molecule has 1 amide bonds. The zero-order valence-electron chi connectivity index (χ0n) is 21.0. The standard InChI is InChI=1S/C25H52NO.2ClH.H3N/c1-5-9-10-11-12-13-14-15-16-17-18-19-20-21-25(27)26(22-6-2,23-7-3)24-8-4;;;/h5-24H2,1-4H3;2*1H;1H3/q+1;;;/p-1. The van der Waals surface area contributed by atoms with Crippen molar-refractivity contribution in [2.75, 3.05) is 19.6 Å². The van der Waals surface area contributed by atoms with E-state index in [2.05, 4.69) is 27.7 Å². The molecule has 0 fully saturated rings. The SMILES string of the molecule is CCCCCCCCCCCCCCCC(=O)[N+](CCC)(CCC)CCC.Cl.N.[Cl-]. The van der Waals surface area contributed by atoms with Crippen molar-refractivity contribution >= 4 is 18.3 Å². The van der Waals surface area contributed by atoms with Gasteiger partial charge in [0, 0.05) is 0 Å². The van der Waals surface area contributed by atoms with Crippen LogP contribution < -0.4 is 18.6 Å². The van der Waals surface area contributed by atoms with Gasteiger partial charge in [-0.05, 0) is 25.7 Å². The number of hydrogen-bond donors (Lipinski definition) is 1. The molecular weight excluding hydrogens is 415 g/mol. The Balaban J connectivity index is -0.00000113. The Morgan fingerprint density at radius 2 is 0.833 bits per heavy atom. The number of amides is 1. The smallest absolute Gasteiger partial charge is 0.313 e. The van der Waals surface area contributed by atoms with Crippen LogP contribution >= 0.6 is 12.4 Å². The second-order valence-electron chi connectivity index (χ2n) is 8.70. The highest BCUT2D eigenvalue weighted by atomic mass is 35.5. The summed E-state index contributed by atoms with van der Waals surface area (Å²) in [6.45, 7) is 12.1. The first-order chi connectivity index (χ1) is 13.2. The molecule has 3 N–H and O–H groups in total. The molecule has 0 aromatic rings. The lowest BCUT2D eigenvalue weighted by molar-refractivity contribution is -0.855. The molecule has 0 aromatic carbocycles. The van der Waals surface area contributed by atoms with Crippen molar-refractivity contribution < 1.29 is 21.7 Å². The van der Waals surface area contributed by atoms with Crippen LogP contribution in [0.3, 0.4) is 0 Å². The predicted molar refractivity (Wildman–Crippen MR) is 133 cm³/mol. The molecule has 0 saturated carbocycles. The summed E-state index contributed by atoms with van der Waals surface area (Å²) in [6.07, 6.45) is 21.9. The van der Waals surface area contributed by atoms with Crippen LogP contribution in [-0.4, -0.2) is 30.0 Å². The second kappa shape index (κ2) is 27.2. The van der Waals surface area contributed by atoms with Crippen molar-refractivity contribution in [2.45, 2.75) is 137 Å². The van der Waals surface area contributed by atoms with Crippen molar-refractivity contribution in [3.63, 3.8) is 0 Å². The lowest BCUT2D eigenvalue weighted by atomic mass is 10.0. The molecule has 0 atom stereocenters. The summed E-state index contributed by atoms with van der Waals surface area (Å²) in [6, 6.07) is 0. The highest BCUT2D eigenvalue weighted by Crippen LogP contribution is 2.18. The molecule has 0 aromatic heterocycles. The van der Waals surface area contributed by atoms with Gasteiger partial charge in [-0.3, -0.25) is 4.48 Å². The minimum Gasteiger partial charge on any atom is -1.00 e. The zero-order valence-corrected chi connectivity index (χ0v) is 22.6. The van der Waals surface area contributed by atoms with E-state index >= 15 is 0 Å². The van der Waals surface area contributed by atoms with Gasteiger partial charge in [-0.25, -0.2) is 4.79 Å². The lowest BCUT2D eigenvalue weighted by Gasteiger charge is -2.35. The summed E-state index contributed by atoms with van der Waals surface area (Å²) in [5.74, 6) is 0.517. The second-order valence-corrected chi connectivity index (χ2v) is 8.70. The van der Waals surface area contributed by atoms with E-state index < -0.39 is 0 Å². The summed E-state index contributed by atoms with van der Waals surface area (Å²) in [4.78, 5) is 12.9. The van der Waals surface area contributed by atoms with Gasteiger partial charge in [0.1, 0.15) is 0 Å². The van der Waals surface area contributed by atoms with Crippen LogP contribution in [0.1, 0.15) is 137 Å². The maximum absolute atomic E-state index is 12.9. The topological polar surface area (TPSA) is 52.1 Å². The van der Waals surface area contributed by atoms with E-state index in [9.17, 15) is 4.79 Å². The molecule has 0 radical (unpaired) electrons. The number of carbonyl (C=O) groups is 1. The molecule has 5 heteroatoms. The minimum atomic E-state index is 0. The Morgan fingerprint density at radius 1 is 0.533 bits per heavy atom. The van der Waals surface area contributed by atoms with Gasteiger partial charge in [-0.2, -0.15) is 0 Å². The van der Waals surface area contributed by atoms with E-state index in [-0.39, 0.29) is 31.0 Å². The van der Waals surface area contributed by atoms with Crippen molar-refractivity contribution in [3.8, 4) is 0 Å². The van der Waals surface area contributed by atoms with Gasteiger partial charge in [0.2, 0.25) is 0 Å². The highest BCUT2D eigenvalue weighted by Gasteiger charge is 2.33. The van der Waals surface area contributed by atoms with E-state index in [1.165, 1.54) is 77.0 Å². The summed E-state index contributed by atoms with van der Waals surface area (Å²) in [5, 5.41) is 0. The number of nitrogens with zero attached hydrogens (tertiary/aromatic N) is 1. The molecule has 0 heterocycles. The number of carbonyl (C=O) groups excluding carboxylic acids is 1. The first-order valence-corrected chi connectivity index (χ1v) is 12.6. The predicted octanol–water partition coefficient (Wildman–Crippen LogP) is 5.63. The van der Waals surface area contributed by atoms with E-state index in [4.69, 9.17) is 0 Å². The van der Waals surface area contributed by atoms with Gasteiger partial charge in [-0.1, -0.05) is 105 Å². The van der Waals surface area contributed by atoms with Crippen LogP contribution in [0.2, 0.25) is 0 Å². The van der Waals surface area contributed by atoms with Crippen molar-refractivity contribution in [1.82, 2.24) is 6.15 Å². The molecule has 0 aliphatic carbocycles. The summed E-state index contributed by atoms with van der Waals surface area (Å²) >= 11 is 0. The Labute approximate surface area is 202 Å². The summed E-state index contributed by atoms with van der Waals surface area (Å²) < 4.78 is 0.752.